The van der Waals surface area contributed by atoms with E-state index < -0.39 is 0 Å². The lowest BCUT2D eigenvalue weighted by molar-refractivity contribution is -0.113. The Kier molecular flexibility index (Phi) is 6.83. The minimum Gasteiger partial charge on any atom is -0.330 e. The second-order valence-corrected chi connectivity index (χ2v) is 5.63. The SMILES string of the molecule is CC(C)c1cccc(NC(=O)CSCCCN)c1. The van der Waals surface area contributed by atoms with Gasteiger partial charge in [-0.1, -0.05) is 26.0 Å². The molecule has 0 radical (unpaired) electrons. The predicted octanol–water partition coefficient (Wildman–Crippen LogP) is 2.83. The smallest absolute Gasteiger partial charge is 0.234 e. The van der Waals surface area contributed by atoms with E-state index in [0.717, 1.165) is 17.9 Å². The highest BCUT2D eigenvalue weighted by Gasteiger charge is 2.04. The molecule has 1 rings (SSSR count). The third-order valence-electron chi connectivity index (χ3n) is 2.56. The highest BCUT2D eigenvalue weighted by atomic mass is 32.2. The molecule has 1 amide bonds. The van der Waals surface area contributed by atoms with Crippen LogP contribution >= 0.6 is 11.8 Å². The Balaban J connectivity index is 2.41. The summed E-state index contributed by atoms with van der Waals surface area (Å²) in [5.41, 5.74) is 7.52. The number of carbonyl (C=O) groups excluding carboxylic acids is 1. The van der Waals surface area contributed by atoms with Crippen molar-refractivity contribution >= 4 is 23.4 Å². The van der Waals surface area contributed by atoms with Crippen molar-refractivity contribution in [3.63, 3.8) is 0 Å². The summed E-state index contributed by atoms with van der Waals surface area (Å²) in [7, 11) is 0. The molecule has 0 heterocycles. The van der Waals surface area contributed by atoms with Gasteiger partial charge in [-0.15, -0.1) is 0 Å². The zero-order valence-electron chi connectivity index (χ0n) is 11.1. The summed E-state index contributed by atoms with van der Waals surface area (Å²) in [5.74, 6) is 1.96. The van der Waals surface area contributed by atoms with Crippen LogP contribution in [0.3, 0.4) is 0 Å². The number of carbonyl (C=O) groups is 1. The molecule has 1 aromatic rings. The molecular weight excluding hydrogens is 244 g/mol. The summed E-state index contributed by atoms with van der Waals surface area (Å²) in [5, 5.41) is 2.92. The monoisotopic (exact) mass is 266 g/mol. The van der Waals surface area contributed by atoms with Crippen molar-refractivity contribution in [1.29, 1.82) is 0 Å². The van der Waals surface area contributed by atoms with E-state index >= 15 is 0 Å². The molecule has 0 saturated carbocycles. The Morgan fingerprint density at radius 1 is 1.44 bits per heavy atom. The maximum atomic E-state index is 11.7. The van der Waals surface area contributed by atoms with Crippen molar-refractivity contribution < 1.29 is 4.79 Å². The van der Waals surface area contributed by atoms with E-state index in [0.29, 0.717) is 18.2 Å². The average molecular weight is 266 g/mol. The van der Waals surface area contributed by atoms with Crippen LogP contribution in [-0.4, -0.2) is 24.0 Å². The molecule has 1 aromatic carbocycles. The summed E-state index contributed by atoms with van der Waals surface area (Å²) in [6, 6.07) is 8.02. The maximum absolute atomic E-state index is 11.7. The highest BCUT2D eigenvalue weighted by Crippen LogP contribution is 2.18. The van der Waals surface area contributed by atoms with Crippen LogP contribution in [0.4, 0.5) is 5.69 Å². The van der Waals surface area contributed by atoms with Crippen LogP contribution in [0, 0.1) is 0 Å². The Bertz CT molecular complexity index is 380. The van der Waals surface area contributed by atoms with Gasteiger partial charge in [0.15, 0.2) is 0 Å². The van der Waals surface area contributed by atoms with Crippen LogP contribution in [0.2, 0.25) is 0 Å². The van der Waals surface area contributed by atoms with Crippen LogP contribution in [0.5, 0.6) is 0 Å². The molecule has 0 fully saturated rings. The second-order valence-electron chi connectivity index (χ2n) is 4.52. The van der Waals surface area contributed by atoms with Gasteiger partial charge in [0, 0.05) is 5.69 Å². The van der Waals surface area contributed by atoms with Gasteiger partial charge in [0.2, 0.25) is 5.91 Å². The van der Waals surface area contributed by atoms with Gasteiger partial charge >= 0.3 is 0 Å². The minimum absolute atomic E-state index is 0.0536. The van der Waals surface area contributed by atoms with E-state index in [9.17, 15) is 4.79 Å². The van der Waals surface area contributed by atoms with Crippen LogP contribution in [0.15, 0.2) is 24.3 Å². The fourth-order valence-corrected chi connectivity index (χ4v) is 2.30. The van der Waals surface area contributed by atoms with Gasteiger partial charge in [0.25, 0.3) is 0 Å². The molecule has 4 heteroatoms. The van der Waals surface area contributed by atoms with Crippen molar-refractivity contribution in [2.45, 2.75) is 26.2 Å². The Morgan fingerprint density at radius 3 is 2.89 bits per heavy atom. The van der Waals surface area contributed by atoms with Gasteiger partial charge in [0.05, 0.1) is 5.75 Å². The first-order valence-electron chi connectivity index (χ1n) is 6.31. The topological polar surface area (TPSA) is 55.1 Å². The number of amides is 1. The van der Waals surface area contributed by atoms with Gasteiger partial charge in [0.1, 0.15) is 0 Å². The van der Waals surface area contributed by atoms with Gasteiger partial charge in [-0.05, 0) is 42.3 Å². The zero-order valence-corrected chi connectivity index (χ0v) is 11.9. The van der Waals surface area contributed by atoms with E-state index in [-0.39, 0.29) is 5.91 Å². The maximum Gasteiger partial charge on any atom is 0.234 e. The number of nitrogens with one attached hydrogen (secondary N) is 1. The predicted molar refractivity (Wildman–Crippen MR) is 80.2 cm³/mol. The van der Waals surface area contributed by atoms with Crippen LogP contribution in [0.25, 0.3) is 0 Å². The van der Waals surface area contributed by atoms with Crippen molar-refractivity contribution in [3.8, 4) is 0 Å². The summed E-state index contributed by atoms with van der Waals surface area (Å²) in [6.07, 6.45) is 0.959. The fourth-order valence-electron chi connectivity index (χ4n) is 1.52. The normalized spacial score (nSPS) is 10.7. The molecule has 0 aliphatic heterocycles. The average Bonchev–Trinajstić information content (AvgIpc) is 2.35. The lowest BCUT2D eigenvalue weighted by atomic mass is 10.0. The largest absolute Gasteiger partial charge is 0.330 e. The van der Waals surface area contributed by atoms with E-state index in [1.165, 1.54) is 5.56 Å². The first-order valence-corrected chi connectivity index (χ1v) is 7.46. The van der Waals surface area contributed by atoms with Gasteiger partial charge in [-0.3, -0.25) is 4.79 Å². The van der Waals surface area contributed by atoms with Crippen molar-refractivity contribution in [3.05, 3.63) is 29.8 Å². The first-order chi connectivity index (χ1) is 8.63. The summed E-state index contributed by atoms with van der Waals surface area (Å²) >= 11 is 1.62. The highest BCUT2D eigenvalue weighted by molar-refractivity contribution is 7.99. The van der Waals surface area contributed by atoms with E-state index in [1.54, 1.807) is 11.8 Å². The van der Waals surface area contributed by atoms with E-state index in [1.807, 2.05) is 18.2 Å². The number of nitrogens with two attached hydrogens (primary N) is 1. The molecule has 0 saturated heterocycles. The molecule has 0 bridgehead atoms. The number of hydrogen-bond donors (Lipinski definition) is 2. The number of thioether (sulfide) groups is 1. The van der Waals surface area contributed by atoms with Crippen LogP contribution in [0.1, 0.15) is 31.7 Å². The van der Waals surface area contributed by atoms with Crippen molar-refractivity contribution in [2.75, 3.05) is 23.4 Å². The number of anilines is 1. The van der Waals surface area contributed by atoms with Gasteiger partial charge in [-0.2, -0.15) is 11.8 Å². The molecule has 0 atom stereocenters. The first kappa shape index (κ1) is 15.1. The zero-order chi connectivity index (χ0) is 13.4. The Labute approximate surface area is 114 Å². The van der Waals surface area contributed by atoms with Crippen LogP contribution < -0.4 is 11.1 Å². The summed E-state index contributed by atoms with van der Waals surface area (Å²) < 4.78 is 0. The molecule has 0 spiro atoms. The summed E-state index contributed by atoms with van der Waals surface area (Å²) in [4.78, 5) is 11.7. The molecule has 18 heavy (non-hydrogen) atoms. The van der Waals surface area contributed by atoms with Gasteiger partial charge < -0.3 is 11.1 Å². The molecule has 3 N–H and O–H groups in total. The molecule has 100 valence electrons. The standard InChI is InChI=1S/C14H22N2OS/c1-11(2)12-5-3-6-13(9-12)16-14(17)10-18-8-4-7-15/h3,5-6,9,11H,4,7-8,10,15H2,1-2H3,(H,16,17). The molecule has 0 aliphatic rings. The van der Waals surface area contributed by atoms with E-state index in [4.69, 9.17) is 5.73 Å². The van der Waals surface area contributed by atoms with E-state index in [2.05, 4.69) is 25.2 Å². The minimum atomic E-state index is 0.0536. The fraction of sp³-hybridized carbons (Fsp3) is 0.500. The Morgan fingerprint density at radius 2 is 2.22 bits per heavy atom. The number of rotatable bonds is 7. The third kappa shape index (κ3) is 5.56. The lowest BCUT2D eigenvalue weighted by Crippen LogP contribution is -2.14. The lowest BCUT2D eigenvalue weighted by Gasteiger charge is -2.09. The Hall–Kier alpha value is -1.00. The van der Waals surface area contributed by atoms with Crippen molar-refractivity contribution in [2.24, 2.45) is 5.73 Å². The van der Waals surface area contributed by atoms with Crippen molar-refractivity contribution in [1.82, 2.24) is 0 Å². The number of benzene rings is 1. The molecule has 3 nitrogen and oxygen atoms in total. The van der Waals surface area contributed by atoms with Gasteiger partial charge in [-0.25, -0.2) is 0 Å². The third-order valence-corrected chi connectivity index (χ3v) is 3.61. The van der Waals surface area contributed by atoms with Crippen LogP contribution in [-0.2, 0) is 4.79 Å². The summed E-state index contributed by atoms with van der Waals surface area (Å²) in [6.45, 7) is 4.97. The molecular formula is C14H22N2OS. The molecule has 0 unspecified atom stereocenters. The quantitative estimate of drug-likeness (QED) is 0.746. The molecule has 0 aromatic heterocycles. The number of hydrogen-bond acceptors (Lipinski definition) is 3. The second kappa shape index (κ2) is 8.16. The molecule has 0 aliphatic carbocycles.